The van der Waals surface area contributed by atoms with Gasteiger partial charge in [0, 0.05) is 6.42 Å². The summed E-state index contributed by atoms with van der Waals surface area (Å²) in [6.45, 7) is 8.44. The van der Waals surface area contributed by atoms with E-state index in [-0.39, 0.29) is 11.5 Å². The molecule has 1 rings (SSSR count). The SMILES string of the molecule is CC(COS(=O)O)CC1=CC=C(OC(C)(C)C)CC1. The minimum absolute atomic E-state index is 0.149. The number of allylic oxidation sites excluding steroid dienone is 4. The van der Waals surface area contributed by atoms with Crippen molar-refractivity contribution in [2.45, 2.75) is 52.6 Å². The molecular weight excluding hydrogens is 264 g/mol. The van der Waals surface area contributed by atoms with Crippen LogP contribution in [0.25, 0.3) is 0 Å². The van der Waals surface area contributed by atoms with Crippen molar-refractivity contribution in [1.29, 1.82) is 0 Å². The normalized spacial score (nSPS) is 19.4. The molecule has 0 bridgehead atoms. The molecule has 0 aromatic rings. The van der Waals surface area contributed by atoms with E-state index < -0.39 is 11.4 Å². The lowest BCUT2D eigenvalue weighted by molar-refractivity contribution is 0.0464. The highest BCUT2D eigenvalue weighted by Gasteiger charge is 2.16. The van der Waals surface area contributed by atoms with E-state index in [1.54, 1.807) is 0 Å². The summed E-state index contributed by atoms with van der Waals surface area (Å²) < 4.78 is 29.5. The molecule has 19 heavy (non-hydrogen) atoms. The summed E-state index contributed by atoms with van der Waals surface area (Å²) in [5.41, 5.74) is 1.19. The first-order valence-electron chi connectivity index (χ1n) is 6.58. The minimum Gasteiger partial charge on any atom is -0.492 e. The lowest BCUT2D eigenvalue weighted by atomic mass is 9.94. The molecule has 1 aliphatic carbocycles. The lowest BCUT2D eigenvalue weighted by Crippen LogP contribution is -2.19. The smallest absolute Gasteiger partial charge is 0.301 e. The Morgan fingerprint density at radius 3 is 2.53 bits per heavy atom. The molecule has 0 aromatic carbocycles. The molecular formula is C14H24O4S. The summed E-state index contributed by atoms with van der Waals surface area (Å²) in [4.78, 5) is 0. The van der Waals surface area contributed by atoms with Gasteiger partial charge >= 0.3 is 11.4 Å². The molecule has 0 saturated heterocycles. The van der Waals surface area contributed by atoms with Gasteiger partial charge in [0.2, 0.25) is 0 Å². The maximum absolute atomic E-state index is 10.4. The van der Waals surface area contributed by atoms with Gasteiger partial charge in [-0.1, -0.05) is 18.6 Å². The van der Waals surface area contributed by atoms with Crippen LogP contribution in [-0.4, -0.2) is 21.0 Å². The quantitative estimate of drug-likeness (QED) is 0.759. The van der Waals surface area contributed by atoms with Crippen LogP contribution in [-0.2, 0) is 20.3 Å². The third-order valence-electron chi connectivity index (χ3n) is 2.70. The molecule has 1 aliphatic rings. The van der Waals surface area contributed by atoms with E-state index in [9.17, 15) is 4.21 Å². The lowest BCUT2D eigenvalue weighted by Gasteiger charge is -2.25. The second-order valence-corrected chi connectivity index (χ2v) is 6.65. The van der Waals surface area contributed by atoms with Gasteiger partial charge in [-0.3, -0.25) is 8.74 Å². The van der Waals surface area contributed by atoms with E-state index in [0.717, 1.165) is 25.0 Å². The van der Waals surface area contributed by atoms with Crippen LogP contribution in [0.5, 0.6) is 0 Å². The minimum atomic E-state index is -2.16. The Labute approximate surface area is 118 Å². The van der Waals surface area contributed by atoms with Crippen molar-refractivity contribution in [3.05, 3.63) is 23.5 Å². The van der Waals surface area contributed by atoms with Gasteiger partial charge in [0.15, 0.2) is 0 Å². The molecule has 0 aliphatic heterocycles. The molecule has 0 heterocycles. The van der Waals surface area contributed by atoms with Crippen LogP contribution < -0.4 is 0 Å². The van der Waals surface area contributed by atoms with Gasteiger partial charge < -0.3 is 4.74 Å². The number of ether oxygens (including phenoxy) is 1. The average Bonchev–Trinajstić information content (AvgIpc) is 2.27. The third kappa shape index (κ3) is 7.50. The Bertz CT molecular complexity index is 379. The first kappa shape index (κ1) is 16.4. The number of hydrogen-bond acceptors (Lipinski definition) is 3. The zero-order valence-electron chi connectivity index (χ0n) is 12.1. The first-order valence-corrected chi connectivity index (χ1v) is 7.61. The van der Waals surface area contributed by atoms with Crippen LogP contribution in [0.1, 0.15) is 47.0 Å². The highest BCUT2D eigenvalue weighted by molar-refractivity contribution is 7.74. The fourth-order valence-corrected chi connectivity index (χ4v) is 2.34. The van der Waals surface area contributed by atoms with Crippen LogP contribution in [0.2, 0.25) is 0 Å². The standard InChI is InChI=1S/C14H24O4S/c1-11(10-17-19(15)16)9-12-5-7-13(8-6-12)18-14(2,3)4/h5,7,11H,6,8-10H2,1-4H3,(H,15,16). The molecule has 0 amide bonds. The molecule has 0 spiro atoms. The van der Waals surface area contributed by atoms with Crippen molar-refractivity contribution < 1.29 is 17.7 Å². The van der Waals surface area contributed by atoms with Gasteiger partial charge in [0.05, 0.1) is 12.4 Å². The molecule has 0 fully saturated rings. The fourth-order valence-electron chi connectivity index (χ4n) is 1.99. The summed E-state index contributed by atoms with van der Waals surface area (Å²) in [6, 6.07) is 0. The van der Waals surface area contributed by atoms with E-state index in [1.807, 2.05) is 33.8 Å². The van der Waals surface area contributed by atoms with Gasteiger partial charge in [-0.25, -0.2) is 0 Å². The molecule has 2 unspecified atom stereocenters. The van der Waals surface area contributed by atoms with Gasteiger partial charge in [0.25, 0.3) is 0 Å². The monoisotopic (exact) mass is 288 g/mol. The third-order valence-corrected chi connectivity index (χ3v) is 3.04. The van der Waals surface area contributed by atoms with Crippen LogP contribution in [0.4, 0.5) is 0 Å². The zero-order valence-corrected chi connectivity index (χ0v) is 13.0. The van der Waals surface area contributed by atoms with Gasteiger partial charge in [0.1, 0.15) is 5.60 Å². The van der Waals surface area contributed by atoms with Crippen LogP contribution >= 0.6 is 0 Å². The average molecular weight is 288 g/mol. The van der Waals surface area contributed by atoms with E-state index >= 15 is 0 Å². The Morgan fingerprint density at radius 1 is 1.37 bits per heavy atom. The first-order chi connectivity index (χ1) is 8.76. The molecule has 5 heteroatoms. The summed E-state index contributed by atoms with van der Waals surface area (Å²) in [5.74, 6) is 1.26. The maximum atomic E-state index is 10.4. The maximum Gasteiger partial charge on any atom is 0.301 e. The van der Waals surface area contributed by atoms with Crippen molar-refractivity contribution in [3.63, 3.8) is 0 Å². The Hall–Kier alpha value is -0.650. The zero-order chi connectivity index (χ0) is 14.5. The van der Waals surface area contributed by atoms with Gasteiger partial charge in [-0.2, -0.15) is 4.21 Å². The molecule has 1 N–H and O–H groups in total. The predicted octanol–water partition coefficient (Wildman–Crippen LogP) is 3.59. The second-order valence-electron chi connectivity index (χ2n) is 5.98. The predicted molar refractivity (Wildman–Crippen MR) is 76.7 cm³/mol. The van der Waals surface area contributed by atoms with Crippen molar-refractivity contribution in [2.75, 3.05) is 6.61 Å². The summed E-state index contributed by atoms with van der Waals surface area (Å²) in [7, 11) is 0. The molecule has 0 radical (unpaired) electrons. The van der Waals surface area contributed by atoms with Gasteiger partial charge in [-0.15, -0.1) is 0 Å². The highest BCUT2D eigenvalue weighted by atomic mass is 32.2. The van der Waals surface area contributed by atoms with E-state index in [2.05, 4.69) is 6.08 Å². The Morgan fingerprint density at radius 2 is 2.05 bits per heavy atom. The van der Waals surface area contributed by atoms with E-state index in [4.69, 9.17) is 13.5 Å². The molecule has 0 aromatic heterocycles. The Kier molecular flexibility index (Phi) is 6.23. The van der Waals surface area contributed by atoms with E-state index in [1.165, 1.54) is 5.57 Å². The summed E-state index contributed by atoms with van der Waals surface area (Å²) >= 11 is -2.16. The highest BCUT2D eigenvalue weighted by Crippen LogP contribution is 2.27. The second kappa shape index (κ2) is 7.22. The van der Waals surface area contributed by atoms with Gasteiger partial charge in [-0.05, 0) is 45.6 Å². The molecule has 0 saturated carbocycles. The molecule has 2 atom stereocenters. The van der Waals surface area contributed by atoms with Crippen LogP contribution in [0.15, 0.2) is 23.5 Å². The van der Waals surface area contributed by atoms with Crippen molar-refractivity contribution in [1.82, 2.24) is 0 Å². The van der Waals surface area contributed by atoms with Crippen molar-refractivity contribution in [2.24, 2.45) is 5.92 Å². The van der Waals surface area contributed by atoms with Crippen molar-refractivity contribution in [3.8, 4) is 0 Å². The largest absolute Gasteiger partial charge is 0.492 e. The summed E-state index contributed by atoms with van der Waals surface area (Å²) in [5, 5.41) is 0. The summed E-state index contributed by atoms with van der Waals surface area (Å²) in [6.07, 6.45) is 6.91. The number of hydrogen-bond donors (Lipinski definition) is 1. The van der Waals surface area contributed by atoms with Crippen molar-refractivity contribution >= 4 is 11.4 Å². The Balaban J connectivity index is 2.43. The topological polar surface area (TPSA) is 55.8 Å². The van der Waals surface area contributed by atoms with Crippen LogP contribution in [0.3, 0.4) is 0 Å². The molecule has 4 nitrogen and oxygen atoms in total. The van der Waals surface area contributed by atoms with Crippen LogP contribution in [0, 0.1) is 5.92 Å². The number of rotatable bonds is 6. The van der Waals surface area contributed by atoms with E-state index in [0.29, 0.717) is 6.61 Å². The molecule has 110 valence electrons. The fraction of sp³-hybridized carbons (Fsp3) is 0.714.